The number of aromatic nitrogens is 3. The van der Waals surface area contributed by atoms with Crippen LogP contribution in [0.5, 0.6) is 5.88 Å². The number of hydrogen-bond donors (Lipinski definition) is 1. The number of ether oxygens (including phenoxy) is 1. The van der Waals surface area contributed by atoms with Gasteiger partial charge in [-0.2, -0.15) is 0 Å². The fraction of sp³-hybridized carbons (Fsp3) is 0.389. The first-order valence-corrected chi connectivity index (χ1v) is 8.45. The van der Waals surface area contributed by atoms with Gasteiger partial charge in [-0.3, -0.25) is 4.79 Å². The first-order chi connectivity index (χ1) is 13.1. The molecule has 8 nitrogen and oxygen atoms in total. The lowest BCUT2D eigenvalue weighted by atomic mass is 10.1. The van der Waals surface area contributed by atoms with E-state index in [-0.39, 0.29) is 29.6 Å². The molecule has 3 heterocycles. The molecule has 2 aromatic heterocycles. The molecule has 28 heavy (non-hydrogen) atoms. The summed E-state index contributed by atoms with van der Waals surface area (Å²) in [5, 5.41) is 17.1. The van der Waals surface area contributed by atoms with Crippen molar-refractivity contribution in [2.75, 3.05) is 6.61 Å². The minimum Gasteiger partial charge on any atom is -0.477 e. The molecule has 148 valence electrons. The van der Waals surface area contributed by atoms with Crippen LogP contribution in [0.1, 0.15) is 57.6 Å². The molecule has 1 N–H and O–H groups in total. The van der Waals surface area contributed by atoms with Gasteiger partial charge in [0.1, 0.15) is 0 Å². The van der Waals surface area contributed by atoms with E-state index in [1.807, 2.05) is 0 Å². The summed E-state index contributed by atoms with van der Waals surface area (Å²) >= 11 is 0. The van der Waals surface area contributed by atoms with E-state index in [2.05, 4.69) is 15.2 Å². The molecule has 10 heteroatoms. The number of aryl methyl sites for hydroxylation is 1. The summed E-state index contributed by atoms with van der Waals surface area (Å²) in [6.45, 7) is 3.36. The zero-order chi connectivity index (χ0) is 20.6. The number of pyridine rings is 1. The van der Waals surface area contributed by atoms with E-state index in [1.54, 1.807) is 19.9 Å². The summed E-state index contributed by atoms with van der Waals surface area (Å²) in [7, 11) is 0. The number of carbonyl (C=O) groups excluding carboxylic acids is 1. The lowest BCUT2D eigenvalue weighted by Gasteiger charge is -2.24. The Balaban J connectivity index is 1.82. The van der Waals surface area contributed by atoms with Crippen molar-refractivity contribution in [3.63, 3.8) is 0 Å². The van der Waals surface area contributed by atoms with Crippen molar-refractivity contribution >= 4 is 11.9 Å². The Bertz CT molecular complexity index is 946. The number of halogens is 2. The van der Waals surface area contributed by atoms with Crippen molar-refractivity contribution in [1.29, 1.82) is 0 Å². The number of alkyl halides is 2. The topological polar surface area (TPSA) is 106 Å². The molecule has 0 spiro atoms. The summed E-state index contributed by atoms with van der Waals surface area (Å²) in [5.74, 6) is -4.54. The number of rotatable bonds is 6. The van der Waals surface area contributed by atoms with Gasteiger partial charge in [-0.15, -0.1) is 10.2 Å². The Morgan fingerprint density at radius 3 is 2.75 bits per heavy atom. The molecular formula is C18H18F2N4O4. The van der Waals surface area contributed by atoms with Gasteiger partial charge in [0, 0.05) is 36.4 Å². The van der Waals surface area contributed by atoms with E-state index in [9.17, 15) is 23.5 Å². The summed E-state index contributed by atoms with van der Waals surface area (Å²) in [6.07, 6.45) is 1.29. The molecule has 0 aromatic carbocycles. The zero-order valence-corrected chi connectivity index (χ0v) is 15.4. The standard InChI is InChI=1S/C18H18F2N4O4/c1-9-6-13(22-23-15(9)28-8-18(3,19)20)10(2)24-7-12-11(16(24)25)4-5-21-14(12)17(26)27/h4-6,10H,7-8H2,1-3H3,(H,26,27). The average Bonchev–Trinajstić information content (AvgIpc) is 2.96. The Labute approximate surface area is 159 Å². The molecule has 0 saturated carbocycles. The van der Waals surface area contributed by atoms with Crippen LogP contribution in [0.25, 0.3) is 0 Å². The molecule has 2 aromatic rings. The zero-order valence-electron chi connectivity index (χ0n) is 15.4. The van der Waals surface area contributed by atoms with Gasteiger partial charge in [0.15, 0.2) is 12.3 Å². The Morgan fingerprint density at radius 2 is 2.14 bits per heavy atom. The molecular weight excluding hydrogens is 374 g/mol. The van der Waals surface area contributed by atoms with Crippen LogP contribution in [0.15, 0.2) is 18.3 Å². The van der Waals surface area contributed by atoms with Gasteiger partial charge in [0.2, 0.25) is 5.88 Å². The summed E-state index contributed by atoms with van der Waals surface area (Å²) in [5.41, 5.74) is 1.40. The smallest absolute Gasteiger partial charge is 0.354 e. The first kappa shape index (κ1) is 19.6. The molecule has 1 aliphatic heterocycles. The van der Waals surface area contributed by atoms with Gasteiger partial charge in [0.05, 0.1) is 11.7 Å². The molecule has 3 rings (SSSR count). The molecule has 1 unspecified atom stereocenters. The minimum atomic E-state index is -3.00. The van der Waals surface area contributed by atoms with Crippen molar-refractivity contribution in [2.45, 2.75) is 39.3 Å². The fourth-order valence-electron chi connectivity index (χ4n) is 2.94. The molecule has 0 aliphatic carbocycles. The van der Waals surface area contributed by atoms with Gasteiger partial charge in [-0.25, -0.2) is 18.6 Å². The van der Waals surface area contributed by atoms with Crippen LogP contribution in [-0.2, 0) is 6.54 Å². The third-order valence-corrected chi connectivity index (χ3v) is 4.39. The van der Waals surface area contributed by atoms with Crippen LogP contribution in [-0.4, -0.2) is 49.6 Å². The second-order valence-corrected chi connectivity index (χ2v) is 6.72. The lowest BCUT2D eigenvalue weighted by molar-refractivity contribution is -0.0247. The number of amides is 1. The summed E-state index contributed by atoms with van der Waals surface area (Å²) in [6, 6.07) is 2.57. The Kier molecular flexibility index (Phi) is 4.97. The number of aromatic carboxylic acids is 1. The monoisotopic (exact) mass is 392 g/mol. The Morgan fingerprint density at radius 1 is 1.43 bits per heavy atom. The third kappa shape index (κ3) is 3.75. The minimum absolute atomic E-state index is 0.00845. The number of carboxylic acids is 1. The molecule has 0 radical (unpaired) electrons. The average molecular weight is 392 g/mol. The maximum atomic E-state index is 12.9. The van der Waals surface area contributed by atoms with E-state index in [1.165, 1.54) is 17.2 Å². The third-order valence-electron chi connectivity index (χ3n) is 4.39. The first-order valence-electron chi connectivity index (χ1n) is 8.45. The van der Waals surface area contributed by atoms with Crippen molar-refractivity contribution in [1.82, 2.24) is 20.1 Å². The van der Waals surface area contributed by atoms with Gasteiger partial charge < -0.3 is 14.7 Å². The van der Waals surface area contributed by atoms with Gasteiger partial charge >= 0.3 is 5.97 Å². The molecule has 1 aliphatic rings. The van der Waals surface area contributed by atoms with Crippen LogP contribution >= 0.6 is 0 Å². The lowest BCUT2D eigenvalue weighted by Crippen LogP contribution is -2.28. The van der Waals surface area contributed by atoms with E-state index in [0.29, 0.717) is 16.8 Å². The number of hydrogen-bond acceptors (Lipinski definition) is 6. The van der Waals surface area contributed by atoms with Crippen molar-refractivity contribution in [3.8, 4) is 5.88 Å². The predicted octanol–water partition coefficient (Wildman–Crippen LogP) is 2.63. The van der Waals surface area contributed by atoms with E-state index < -0.39 is 24.5 Å². The van der Waals surface area contributed by atoms with Crippen LogP contribution in [0.3, 0.4) is 0 Å². The molecule has 0 bridgehead atoms. The van der Waals surface area contributed by atoms with E-state index >= 15 is 0 Å². The number of carboxylic acid groups (broad SMARTS) is 1. The maximum absolute atomic E-state index is 12.9. The molecule has 1 atom stereocenters. The predicted molar refractivity (Wildman–Crippen MR) is 92.4 cm³/mol. The van der Waals surface area contributed by atoms with Gasteiger partial charge in [-0.1, -0.05) is 0 Å². The summed E-state index contributed by atoms with van der Waals surface area (Å²) in [4.78, 5) is 29.3. The van der Waals surface area contributed by atoms with E-state index in [4.69, 9.17) is 4.74 Å². The highest BCUT2D eigenvalue weighted by molar-refractivity contribution is 6.01. The summed E-state index contributed by atoms with van der Waals surface area (Å²) < 4.78 is 30.9. The molecule has 0 fully saturated rings. The maximum Gasteiger partial charge on any atom is 0.354 e. The second kappa shape index (κ2) is 7.10. The van der Waals surface area contributed by atoms with Crippen LogP contribution in [0, 0.1) is 6.92 Å². The van der Waals surface area contributed by atoms with Crippen molar-refractivity contribution < 1.29 is 28.2 Å². The highest BCUT2D eigenvalue weighted by Gasteiger charge is 2.35. The number of fused-ring (bicyclic) bond motifs is 1. The van der Waals surface area contributed by atoms with E-state index in [0.717, 1.165) is 6.92 Å². The van der Waals surface area contributed by atoms with Crippen molar-refractivity contribution in [2.24, 2.45) is 0 Å². The Hall–Kier alpha value is -3.17. The van der Waals surface area contributed by atoms with Gasteiger partial charge in [0.25, 0.3) is 11.8 Å². The quantitative estimate of drug-likeness (QED) is 0.805. The van der Waals surface area contributed by atoms with Crippen LogP contribution < -0.4 is 4.74 Å². The second-order valence-electron chi connectivity index (χ2n) is 6.72. The fourth-order valence-corrected chi connectivity index (χ4v) is 2.94. The number of carbonyl (C=O) groups is 2. The highest BCUT2D eigenvalue weighted by Crippen LogP contribution is 2.32. The van der Waals surface area contributed by atoms with Crippen LogP contribution in [0.2, 0.25) is 0 Å². The largest absolute Gasteiger partial charge is 0.477 e. The highest BCUT2D eigenvalue weighted by atomic mass is 19.3. The van der Waals surface area contributed by atoms with Crippen molar-refractivity contribution in [3.05, 3.63) is 46.4 Å². The molecule has 0 saturated heterocycles. The van der Waals surface area contributed by atoms with Gasteiger partial charge in [-0.05, 0) is 26.0 Å². The SMILES string of the molecule is Cc1cc(C(C)N2Cc3c(ccnc3C(=O)O)C2=O)nnc1OCC(C)(F)F. The van der Waals surface area contributed by atoms with Crippen LogP contribution in [0.4, 0.5) is 8.78 Å². The molecule has 1 amide bonds. The number of nitrogens with zero attached hydrogens (tertiary/aromatic N) is 4. The normalized spacial score (nSPS) is 14.8.